The molecular weight excluding hydrogens is 612 g/mol. The zero-order valence-corrected chi connectivity index (χ0v) is 26.5. The van der Waals surface area contributed by atoms with E-state index in [-0.39, 0.29) is 54.8 Å². The molecule has 3 fully saturated rings. The quantitative estimate of drug-likeness (QED) is 0.214. The summed E-state index contributed by atoms with van der Waals surface area (Å²) in [6.07, 6.45) is 2.53. The highest BCUT2D eigenvalue weighted by molar-refractivity contribution is 6.24. The smallest absolute Gasteiger partial charge is 0.238 e. The number of hydrogen-bond donors (Lipinski definition) is 1. The average molecular weight is 647 g/mol. The number of rotatable bonds is 8. The van der Waals surface area contributed by atoms with Crippen molar-refractivity contribution in [3.63, 3.8) is 0 Å². The highest BCUT2D eigenvalue weighted by Gasteiger charge is 2.62. The molecule has 0 unspecified atom stereocenters. The number of hydrogen-bond acceptors (Lipinski definition) is 8. The normalized spacial score (nSPS) is 26.2. The van der Waals surface area contributed by atoms with Gasteiger partial charge in [0.2, 0.25) is 23.6 Å². The van der Waals surface area contributed by atoms with Crippen LogP contribution in [0.2, 0.25) is 0 Å². The lowest BCUT2D eigenvalue weighted by atomic mass is 9.57. The van der Waals surface area contributed by atoms with Crippen LogP contribution in [0.5, 0.6) is 5.75 Å². The summed E-state index contributed by atoms with van der Waals surface area (Å²) in [6.45, 7) is 2.87. The molecule has 7 rings (SSSR count). The fourth-order valence-electron chi connectivity index (χ4n) is 8.10. The minimum absolute atomic E-state index is 0.123. The maximum atomic E-state index is 14.3. The van der Waals surface area contributed by atoms with Crippen LogP contribution in [-0.2, 0) is 19.2 Å². The molecule has 10 nitrogen and oxygen atoms in total. The van der Waals surface area contributed by atoms with E-state index in [9.17, 15) is 33.9 Å². The number of anilines is 2. The number of ether oxygens (including phenoxy) is 1. The Kier molecular flexibility index (Phi) is 7.91. The van der Waals surface area contributed by atoms with E-state index in [0.29, 0.717) is 34.7 Å². The number of allylic oxidation sites excluding steroid dienone is 2. The van der Waals surface area contributed by atoms with Crippen LogP contribution in [0.1, 0.15) is 58.9 Å². The predicted molar refractivity (Wildman–Crippen MR) is 174 cm³/mol. The Balaban J connectivity index is 1.28. The summed E-state index contributed by atoms with van der Waals surface area (Å²) in [5.41, 5.74) is 3.34. The van der Waals surface area contributed by atoms with Gasteiger partial charge >= 0.3 is 0 Å². The second kappa shape index (κ2) is 12.1. The monoisotopic (exact) mass is 646 g/mol. The van der Waals surface area contributed by atoms with Crippen molar-refractivity contribution in [3.8, 4) is 5.75 Å². The van der Waals surface area contributed by atoms with Gasteiger partial charge in [-0.2, -0.15) is 0 Å². The SMILES string of the molecule is CC(=O)c1ccc(N2C(=O)[C@H]3[C@H](CC=C4[C@H]3C[C@H]3C(=O)N(c5ccc(C(C)=O)cc5)C(=O)[C@H]3[C@H]4c3ccc(OCCO)cc3)C2=O)cc1. The molecular formula is C38H34N2O8. The lowest BCUT2D eigenvalue weighted by Gasteiger charge is -2.44. The third kappa shape index (κ3) is 4.98. The van der Waals surface area contributed by atoms with Gasteiger partial charge in [-0.1, -0.05) is 23.8 Å². The minimum atomic E-state index is -0.743. The predicted octanol–water partition coefficient (Wildman–Crippen LogP) is 4.51. The second-order valence-corrected chi connectivity index (χ2v) is 12.9. The average Bonchev–Trinajstić information content (AvgIpc) is 3.50. The van der Waals surface area contributed by atoms with Crippen molar-refractivity contribution in [1.29, 1.82) is 0 Å². The zero-order valence-electron chi connectivity index (χ0n) is 26.5. The molecule has 6 atom stereocenters. The standard InChI is InChI=1S/C38H34N2O8/c1-20(42)22-3-9-25(10-4-22)39-35(44)29-16-15-28-30(33(29)37(39)46)19-31-34(32(28)24-7-13-27(14-8-24)48-18-17-41)38(47)40(36(31)45)26-11-5-23(6-12-26)21(2)43/h3-15,29-34,41H,16-19H2,1-2H3/t29-,30+,31+,32-,33-,34+/m0/s1. The number of fused-ring (bicyclic) bond motifs is 4. The van der Waals surface area contributed by atoms with Gasteiger partial charge in [0.1, 0.15) is 12.4 Å². The number of ketones is 2. The maximum Gasteiger partial charge on any atom is 0.238 e. The van der Waals surface area contributed by atoms with Gasteiger partial charge in [-0.05, 0) is 98.8 Å². The van der Waals surface area contributed by atoms with Crippen molar-refractivity contribution >= 4 is 46.6 Å². The molecule has 0 radical (unpaired) electrons. The number of aliphatic hydroxyl groups excluding tert-OH is 1. The first-order valence-electron chi connectivity index (χ1n) is 16.1. The lowest BCUT2D eigenvalue weighted by molar-refractivity contribution is -0.126. The number of imide groups is 2. The molecule has 0 spiro atoms. The van der Waals surface area contributed by atoms with Crippen molar-refractivity contribution < 1.29 is 38.6 Å². The summed E-state index contributed by atoms with van der Waals surface area (Å²) in [6, 6.07) is 20.0. The third-order valence-corrected chi connectivity index (χ3v) is 10.3. The van der Waals surface area contributed by atoms with E-state index in [4.69, 9.17) is 4.74 Å². The summed E-state index contributed by atoms with van der Waals surface area (Å²) in [4.78, 5) is 82.6. The minimum Gasteiger partial charge on any atom is -0.491 e. The Hall–Kier alpha value is -5.22. The molecule has 4 amide bonds. The Morgan fingerprint density at radius 2 is 1.21 bits per heavy atom. The molecule has 10 heteroatoms. The molecule has 0 bridgehead atoms. The van der Waals surface area contributed by atoms with Gasteiger partial charge in [-0.3, -0.25) is 38.6 Å². The van der Waals surface area contributed by atoms with Gasteiger partial charge in [-0.25, -0.2) is 0 Å². The first-order valence-corrected chi connectivity index (χ1v) is 16.1. The zero-order chi connectivity index (χ0) is 33.9. The van der Waals surface area contributed by atoms with Gasteiger partial charge in [-0.15, -0.1) is 0 Å². The van der Waals surface area contributed by atoms with Crippen molar-refractivity contribution in [1.82, 2.24) is 0 Å². The van der Waals surface area contributed by atoms with E-state index in [1.54, 1.807) is 60.7 Å². The van der Waals surface area contributed by atoms with Crippen molar-refractivity contribution in [2.24, 2.45) is 29.6 Å². The molecule has 2 aliphatic heterocycles. The van der Waals surface area contributed by atoms with Crippen LogP contribution in [0, 0.1) is 29.6 Å². The summed E-state index contributed by atoms with van der Waals surface area (Å²) in [7, 11) is 0. The van der Waals surface area contributed by atoms with Crippen molar-refractivity contribution in [3.05, 3.63) is 101 Å². The Bertz CT molecular complexity index is 1880. The molecule has 3 aromatic carbocycles. The van der Waals surface area contributed by atoms with Gasteiger partial charge in [0.05, 0.1) is 41.7 Å². The molecule has 1 N–H and O–H groups in total. The molecule has 244 valence electrons. The Morgan fingerprint density at radius 3 is 1.73 bits per heavy atom. The fourth-order valence-corrected chi connectivity index (χ4v) is 8.10. The largest absolute Gasteiger partial charge is 0.491 e. The molecule has 48 heavy (non-hydrogen) atoms. The summed E-state index contributed by atoms with van der Waals surface area (Å²) >= 11 is 0. The summed E-state index contributed by atoms with van der Waals surface area (Å²) < 4.78 is 5.56. The van der Waals surface area contributed by atoms with E-state index in [1.165, 1.54) is 23.6 Å². The molecule has 2 aliphatic carbocycles. The molecule has 1 saturated carbocycles. The van der Waals surface area contributed by atoms with Crippen molar-refractivity contribution in [2.75, 3.05) is 23.0 Å². The second-order valence-electron chi connectivity index (χ2n) is 12.9. The molecule has 4 aliphatic rings. The number of amides is 4. The molecule has 3 aromatic rings. The number of carbonyl (C=O) groups excluding carboxylic acids is 6. The fraction of sp³-hybridized carbons (Fsp3) is 0.316. The molecule has 0 aromatic heterocycles. The summed E-state index contributed by atoms with van der Waals surface area (Å²) in [5, 5.41) is 9.18. The Labute approximate surface area is 277 Å². The third-order valence-electron chi connectivity index (χ3n) is 10.3. The van der Waals surface area contributed by atoms with E-state index >= 15 is 0 Å². The number of benzene rings is 3. The van der Waals surface area contributed by atoms with Gasteiger partial charge in [0.25, 0.3) is 0 Å². The Morgan fingerprint density at radius 1 is 0.688 bits per heavy atom. The highest BCUT2D eigenvalue weighted by Crippen LogP contribution is 2.58. The van der Waals surface area contributed by atoms with Crippen LogP contribution in [-0.4, -0.2) is 53.5 Å². The topological polar surface area (TPSA) is 138 Å². The van der Waals surface area contributed by atoms with E-state index in [0.717, 1.165) is 11.1 Å². The van der Waals surface area contributed by atoms with Crippen LogP contribution in [0.25, 0.3) is 0 Å². The van der Waals surface area contributed by atoms with Crippen molar-refractivity contribution in [2.45, 2.75) is 32.6 Å². The van der Waals surface area contributed by atoms with Crippen LogP contribution < -0.4 is 14.5 Å². The molecule has 2 heterocycles. The number of Topliss-reactive ketones (excluding diaryl/α,β-unsaturated/α-hetero) is 2. The van der Waals surface area contributed by atoms with E-state index < -0.39 is 35.5 Å². The number of nitrogens with zero attached hydrogens (tertiary/aromatic N) is 2. The van der Waals surface area contributed by atoms with Crippen LogP contribution in [0.4, 0.5) is 11.4 Å². The van der Waals surface area contributed by atoms with E-state index in [2.05, 4.69) is 0 Å². The number of aliphatic hydroxyl groups is 1. The van der Waals surface area contributed by atoms with Crippen LogP contribution >= 0.6 is 0 Å². The van der Waals surface area contributed by atoms with Gasteiger partial charge in [0, 0.05) is 17.0 Å². The first-order chi connectivity index (χ1) is 23.1. The van der Waals surface area contributed by atoms with Crippen LogP contribution in [0.3, 0.4) is 0 Å². The molecule has 2 saturated heterocycles. The van der Waals surface area contributed by atoms with E-state index in [1.807, 2.05) is 18.2 Å². The maximum absolute atomic E-state index is 14.3. The number of carbonyl (C=O) groups is 6. The first kappa shape index (κ1) is 31.4. The highest BCUT2D eigenvalue weighted by atomic mass is 16.5. The summed E-state index contributed by atoms with van der Waals surface area (Å²) in [5.74, 6) is -4.93. The lowest BCUT2D eigenvalue weighted by Crippen LogP contribution is -2.43. The van der Waals surface area contributed by atoms with Crippen LogP contribution in [0.15, 0.2) is 84.4 Å². The van der Waals surface area contributed by atoms with Gasteiger partial charge < -0.3 is 9.84 Å². The van der Waals surface area contributed by atoms with Gasteiger partial charge in [0.15, 0.2) is 11.6 Å².